The van der Waals surface area contributed by atoms with E-state index in [0.717, 1.165) is 12.0 Å². The molecule has 0 heterocycles. The Labute approximate surface area is 88.7 Å². The van der Waals surface area contributed by atoms with E-state index in [1.807, 2.05) is 0 Å². The van der Waals surface area contributed by atoms with Gasteiger partial charge in [-0.3, -0.25) is 0 Å². The minimum Gasteiger partial charge on any atom is -0.314 e. The summed E-state index contributed by atoms with van der Waals surface area (Å²) in [4.78, 5) is 0. The Kier molecular flexibility index (Phi) is 4.30. The van der Waals surface area contributed by atoms with Gasteiger partial charge in [-0.05, 0) is 38.1 Å². The summed E-state index contributed by atoms with van der Waals surface area (Å²) < 4.78 is 0. The van der Waals surface area contributed by atoms with Crippen LogP contribution in [0.2, 0.25) is 0 Å². The first-order valence-electron chi connectivity index (χ1n) is 6.68. The molecule has 2 saturated carbocycles. The van der Waals surface area contributed by atoms with Crippen molar-refractivity contribution in [1.82, 2.24) is 5.32 Å². The number of nitrogens with one attached hydrogen (secondary N) is 1. The van der Waals surface area contributed by atoms with Crippen LogP contribution < -0.4 is 5.32 Å². The molecule has 2 aliphatic carbocycles. The molecule has 2 rings (SSSR count). The number of hydrogen-bond acceptors (Lipinski definition) is 1. The van der Waals surface area contributed by atoms with Crippen LogP contribution in [0.5, 0.6) is 0 Å². The van der Waals surface area contributed by atoms with Gasteiger partial charge in [-0.2, -0.15) is 0 Å². The molecule has 1 heteroatoms. The first kappa shape index (κ1) is 10.5. The third-order valence-corrected chi connectivity index (χ3v) is 4.03. The zero-order valence-electron chi connectivity index (χ0n) is 9.43. The van der Waals surface area contributed by atoms with Crippen molar-refractivity contribution in [1.29, 1.82) is 0 Å². The van der Waals surface area contributed by atoms with Gasteiger partial charge in [0.05, 0.1) is 0 Å². The molecule has 0 aromatic carbocycles. The first-order chi connectivity index (χ1) is 6.95. The largest absolute Gasteiger partial charge is 0.314 e. The maximum atomic E-state index is 3.78. The van der Waals surface area contributed by atoms with Crippen LogP contribution in [0.4, 0.5) is 0 Å². The summed E-state index contributed by atoms with van der Waals surface area (Å²) in [7, 11) is 0. The van der Waals surface area contributed by atoms with Gasteiger partial charge in [0.25, 0.3) is 0 Å². The van der Waals surface area contributed by atoms with E-state index in [4.69, 9.17) is 0 Å². The van der Waals surface area contributed by atoms with E-state index in [1.165, 1.54) is 70.8 Å². The fourth-order valence-electron chi connectivity index (χ4n) is 3.03. The topological polar surface area (TPSA) is 12.0 Å². The normalized spacial score (nSPS) is 26.6. The molecule has 0 radical (unpaired) electrons. The van der Waals surface area contributed by atoms with Crippen LogP contribution >= 0.6 is 0 Å². The molecule has 2 fully saturated rings. The lowest BCUT2D eigenvalue weighted by molar-refractivity contribution is 0.392. The molecular weight excluding hydrogens is 170 g/mol. The molecular formula is C13H25N. The minimum atomic E-state index is 0.873. The van der Waals surface area contributed by atoms with Gasteiger partial charge in [-0.25, -0.2) is 0 Å². The highest BCUT2D eigenvalue weighted by Gasteiger charge is 2.17. The summed E-state index contributed by atoms with van der Waals surface area (Å²) in [5, 5.41) is 3.78. The molecule has 0 unspecified atom stereocenters. The Hall–Kier alpha value is -0.0400. The van der Waals surface area contributed by atoms with Gasteiger partial charge in [0.2, 0.25) is 0 Å². The minimum absolute atomic E-state index is 0.873. The zero-order valence-corrected chi connectivity index (χ0v) is 9.43. The molecule has 0 aromatic heterocycles. The van der Waals surface area contributed by atoms with E-state index < -0.39 is 0 Å². The van der Waals surface area contributed by atoms with Crippen LogP contribution in [0, 0.1) is 5.92 Å². The van der Waals surface area contributed by atoms with Crippen molar-refractivity contribution in [2.45, 2.75) is 70.3 Å². The second kappa shape index (κ2) is 5.75. The van der Waals surface area contributed by atoms with Crippen LogP contribution in [-0.4, -0.2) is 12.6 Å². The van der Waals surface area contributed by atoms with E-state index in [1.54, 1.807) is 0 Å². The molecule has 1 N–H and O–H groups in total. The fraction of sp³-hybridized carbons (Fsp3) is 1.00. The van der Waals surface area contributed by atoms with Gasteiger partial charge < -0.3 is 5.32 Å². The van der Waals surface area contributed by atoms with Crippen molar-refractivity contribution in [3.63, 3.8) is 0 Å². The molecule has 0 amide bonds. The van der Waals surface area contributed by atoms with Crippen LogP contribution in [-0.2, 0) is 0 Å². The van der Waals surface area contributed by atoms with Gasteiger partial charge in [-0.1, -0.05) is 38.5 Å². The monoisotopic (exact) mass is 195 g/mol. The smallest absolute Gasteiger partial charge is 0.00671 e. The highest BCUT2D eigenvalue weighted by molar-refractivity contribution is 4.76. The quantitative estimate of drug-likeness (QED) is 0.680. The highest BCUT2D eigenvalue weighted by atomic mass is 14.9. The first-order valence-corrected chi connectivity index (χ1v) is 6.68. The van der Waals surface area contributed by atoms with Crippen molar-refractivity contribution in [2.75, 3.05) is 6.54 Å². The lowest BCUT2D eigenvalue weighted by atomic mass is 10.00. The predicted molar refractivity (Wildman–Crippen MR) is 61.5 cm³/mol. The van der Waals surface area contributed by atoms with E-state index in [-0.39, 0.29) is 0 Å². The summed E-state index contributed by atoms with van der Waals surface area (Å²) in [6.45, 7) is 1.31. The number of hydrogen-bond donors (Lipinski definition) is 1. The molecule has 2 aliphatic rings. The van der Waals surface area contributed by atoms with E-state index in [2.05, 4.69) is 5.32 Å². The van der Waals surface area contributed by atoms with Crippen LogP contribution in [0.25, 0.3) is 0 Å². The average Bonchev–Trinajstić information content (AvgIpc) is 2.58. The van der Waals surface area contributed by atoms with Gasteiger partial charge in [0.15, 0.2) is 0 Å². The predicted octanol–water partition coefficient (Wildman–Crippen LogP) is 3.49. The lowest BCUT2D eigenvalue weighted by Crippen LogP contribution is -2.31. The van der Waals surface area contributed by atoms with E-state index in [9.17, 15) is 0 Å². The number of rotatable bonds is 3. The Morgan fingerprint density at radius 1 is 0.714 bits per heavy atom. The van der Waals surface area contributed by atoms with Crippen LogP contribution in [0.15, 0.2) is 0 Å². The summed E-state index contributed by atoms with van der Waals surface area (Å²) >= 11 is 0. The second-order valence-corrected chi connectivity index (χ2v) is 5.25. The van der Waals surface area contributed by atoms with Crippen molar-refractivity contribution < 1.29 is 0 Å². The maximum Gasteiger partial charge on any atom is 0.00671 e. The third kappa shape index (κ3) is 3.27. The summed E-state index contributed by atoms with van der Waals surface area (Å²) in [6, 6.07) is 0.873. The van der Waals surface area contributed by atoms with Crippen molar-refractivity contribution in [3.8, 4) is 0 Å². The average molecular weight is 195 g/mol. The Balaban J connectivity index is 1.62. The Morgan fingerprint density at radius 3 is 1.93 bits per heavy atom. The summed E-state index contributed by atoms with van der Waals surface area (Å²) in [6.07, 6.45) is 14.7. The molecule has 0 atom stereocenters. The zero-order chi connectivity index (χ0) is 9.64. The van der Waals surface area contributed by atoms with Crippen molar-refractivity contribution in [2.24, 2.45) is 5.92 Å². The maximum absolute atomic E-state index is 3.78. The van der Waals surface area contributed by atoms with Gasteiger partial charge in [0, 0.05) is 6.04 Å². The van der Waals surface area contributed by atoms with E-state index >= 15 is 0 Å². The standard InChI is InChI=1S/C13H25N/c1-2-4-8-12(7-3-1)11-14-13-9-5-6-10-13/h12-14H,1-11H2. The van der Waals surface area contributed by atoms with Crippen LogP contribution in [0.3, 0.4) is 0 Å². The Bertz CT molecular complexity index is 141. The van der Waals surface area contributed by atoms with E-state index in [0.29, 0.717) is 0 Å². The highest BCUT2D eigenvalue weighted by Crippen LogP contribution is 2.23. The van der Waals surface area contributed by atoms with Crippen LogP contribution in [0.1, 0.15) is 64.2 Å². The SMILES string of the molecule is C1CCCC(CNC2CCCC2)CC1. The lowest BCUT2D eigenvalue weighted by Gasteiger charge is -2.18. The summed E-state index contributed by atoms with van der Waals surface area (Å²) in [5.74, 6) is 0.998. The summed E-state index contributed by atoms with van der Waals surface area (Å²) in [5.41, 5.74) is 0. The molecule has 14 heavy (non-hydrogen) atoms. The molecule has 0 spiro atoms. The molecule has 0 saturated heterocycles. The van der Waals surface area contributed by atoms with Gasteiger partial charge >= 0.3 is 0 Å². The van der Waals surface area contributed by atoms with Gasteiger partial charge in [0.1, 0.15) is 0 Å². The molecule has 0 bridgehead atoms. The molecule has 1 nitrogen and oxygen atoms in total. The fourth-order valence-corrected chi connectivity index (χ4v) is 3.03. The molecule has 82 valence electrons. The molecule has 0 aromatic rings. The van der Waals surface area contributed by atoms with Gasteiger partial charge in [-0.15, -0.1) is 0 Å². The second-order valence-electron chi connectivity index (χ2n) is 5.25. The van der Waals surface area contributed by atoms with Crippen molar-refractivity contribution in [3.05, 3.63) is 0 Å². The Morgan fingerprint density at radius 2 is 1.29 bits per heavy atom. The third-order valence-electron chi connectivity index (χ3n) is 4.03. The van der Waals surface area contributed by atoms with Crippen molar-refractivity contribution >= 4 is 0 Å². The molecule has 0 aliphatic heterocycles.